The topological polar surface area (TPSA) is 85.2 Å². The zero-order valence-electron chi connectivity index (χ0n) is 25.4. The van der Waals surface area contributed by atoms with E-state index in [0.29, 0.717) is 19.8 Å². The lowest BCUT2D eigenvalue weighted by Crippen LogP contribution is -2.26. The molecule has 0 spiro atoms. The van der Waals surface area contributed by atoms with Crippen molar-refractivity contribution in [2.45, 2.75) is 174 Å². The summed E-state index contributed by atoms with van der Waals surface area (Å²) in [4.78, 5) is 18.1. The summed E-state index contributed by atoms with van der Waals surface area (Å²) in [6.07, 6.45) is 30.7. The molecule has 0 unspecified atom stereocenters. The minimum absolute atomic E-state index is 0.138. The van der Waals surface area contributed by atoms with E-state index in [0.717, 1.165) is 19.3 Å². The van der Waals surface area contributed by atoms with Crippen LogP contribution in [0.5, 0.6) is 0 Å². The van der Waals surface area contributed by atoms with Crippen molar-refractivity contribution in [1.29, 1.82) is 0 Å². The number of phosphoric acid groups is 1. The molecule has 6 nitrogen and oxygen atoms in total. The summed E-state index contributed by atoms with van der Waals surface area (Å²) in [5.74, 6) is 0. The molecular formula is C31H65O6P. The van der Waals surface area contributed by atoms with E-state index >= 15 is 0 Å². The van der Waals surface area contributed by atoms with Gasteiger partial charge in [0.25, 0.3) is 0 Å². The molecule has 0 radical (unpaired) electrons. The van der Waals surface area contributed by atoms with Crippen LogP contribution in [0.3, 0.4) is 0 Å². The molecule has 0 aromatic rings. The second-order valence-corrected chi connectivity index (χ2v) is 12.4. The molecule has 7 heteroatoms. The number of rotatable bonds is 32. The zero-order valence-corrected chi connectivity index (χ0v) is 26.2. The van der Waals surface area contributed by atoms with Gasteiger partial charge in [-0.15, -0.1) is 0 Å². The van der Waals surface area contributed by atoms with Gasteiger partial charge in [-0.05, 0) is 12.8 Å². The van der Waals surface area contributed by atoms with Gasteiger partial charge < -0.3 is 19.3 Å². The number of unbranched alkanes of at least 4 members (excludes halogenated alkanes) is 22. The van der Waals surface area contributed by atoms with Crippen LogP contribution in [0.15, 0.2) is 0 Å². The first-order valence-corrected chi connectivity index (χ1v) is 17.9. The minimum atomic E-state index is -4.50. The molecular weight excluding hydrogens is 499 g/mol. The van der Waals surface area contributed by atoms with Gasteiger partial charge in [-0.3, -0.25) is 4.52 Å². The monoisotopic (exact) mass is 564 g/mol. The molecule has 0 heterocycles. The Hall–Kier alpha value is 0.0300. The normalized spacial score (nSPS) is 12.8. The Morgan fingerprint density at radius 3 is 1.21 bits per heavy atom. The van der Waals surface area contributed by atoms with Gasteiger partial charge in [0.05, 0.1) is 13.2 Å². The maximum atomic E-state index is 11.1. The van der Waals surface area contributed by atoms with Crippen LogP contribution in [0, 0.1) is 0 Å². The molecule has 0 fully saturated rings. The Morgan fingerprint density at radius 1 is 0.500 bits per heavy atom. The first-order valence-electron chi connectivity index (χ1n) is 16.4. The maximum absolute atomic E-state index is 11.1. The van der Waals surface area contributed by atoms with E-state index in [1.54, 1.807) is 0 Å². The van der Waals surface area contributed by atoms with Crippen molar-refractivity contribution in [2.75, 3.05) is 26.4 Å². The van der Waals surface area contributed by atoms with Crippen LogP contribution >= 0.6 is 7.82 Å². The summed E-state index contributed by atoms with van der Waals surface area (Å²) in [7, 11) is -4.50. The van der Waals surface area contributed by atoms with Crippen LogP contribution in [0.4, 0.5) is 0 Å². The van der Waals surface area contributed by atoms with Gasteiger partial charge in [-0.2, -0.15) is 0 Å². The lowest BCUT2D eigenvalue weighted by atomic mass is 10.1. The van der Waals surface area contributed by atoms with Gasteiger partial charge in [-0.1, -0.05) is 155 Å². The molecule has 0 aromatic carbocycles. The van der Waals surface area contributed by atoms with Gasteiger partial charge in [0.15, 0.2) is 0 Å². The molecule has 0 aliphatic carbocycles. The molecule has 0 aliphatic rings. The van der Waals surface area contributed by atoms with Crippen molar-refractivity contribution in [3.05, 3.63) is 0 Å². The van der Waals surface area contributed by atoms with Crippen molar-refractivity contribution in [3.8, 4) is 0 Å². The number of ether oxygens (including phenoxy) is 2. The van der Waals surface area contributed by atoms with E-state index in [2.05, 4.69) is 18.4 Å². The zero-order chi connectivity index (χ0) is 28.0. The minimum Gasteiger partial charge on any atom is -0.379 e. The van der Waals surface area contributed by atoms with Gasteiger partial charge in [0.2, 0.25) is 0 Å². The Balaban J connectivity index is 3.69. The highest BCUT2D eigenvalue weighted by molar-refractivity contribution is 7.46. The average Bonchev–Trinajstić information content (AvgIpc) is 2.89. The van der Waals surface area contributed by atoms with Gasteiger partial charge >= 0.3 is 7.82 Å². The largest absolute Gasteiger partial charge is 0.469 e. The van der Waals surface area contributed by atoms with E-state index in [1.165, 1.54) is 135 Å². The fraction of sp³-hybridized carbons (Fsp3) is 1.00. The second-order valence-electron chi connectivity index (χ2n) is 11.1. The van der Waals surface area contributed by atoms with E-state index in [9.17, 15) is 4.57 Å². The van der Waals surface area contributed by atoms with Crippen molar-refractivity contribution in [1.82, 2.24) is 0 Å². The molecule has 1 atom stereocenters. The van der Waals surface area contributed by atoms with E-state index in [1.807, 2.05) is 0 Å². The lowest BCUT2D eigenvalue weighted by Gasteiger charge is -2.18. The molecule has 0 saturated carbocycles. The molecule has 0 amide bonds. The maximum Gasteiger partial charge on any atom is 0.469 e. The summed E-state index contributed by atoms with van der Waals surface area (Å²) >= 11 is 0. The SMILES string of the molecule is CCCCCCCCCCCCCCOC[C@H](COP(=O)(O)O)OCCCCCCCCCCCCCC. The van der Waals surface area contributed by atoms with Gasteiger partial charge in [0, 0.05) is 13.2 Å². The quantitative estimate of drug-likeness (QED) is 0.0624. The smallest absolute Gasteiger partial charge is 0.379 e. The summed E-state index contributed by atoms with van der Waals surface area (Å²) in [6.45, 7) is 5.94. The highest BCUT2D eigenvalue weighted by Gasteiger charge is 2.19. The van der Waals surface area contributed by atoms with Gasteiger partial charge in [-0.25, -0.2) is 4.57 Å². The third-order valence-electron chi connectivity index (χ3n) is 7.23. The molecule has 38 heavy (non-hydrogen) atoms. The molecule has 0 saturated heterocycles. The summed E-state index contributed by atoms with van der Waals surface area (Å²) in [6, 6.07) is 0. The second kappa shape index (κ2) is 30.0. The summed E-state index contributed by atoms with van der Waals surface area (Å²) in [5, 5.41) is 0. The Kier molecular flexibility index (Phi) is 30.0. The molecule has 2 N–H and O–H groups in total. The highest BCUT2D eigenvalue weighted by atomic mass is 31.2. The highest BCUT2D eigenvalue weighted by Crippen LogP contribution is 2.35. The number of phosphoric ester groups is 1. The van der Waals surface area contributed by atoms with Crippen LogP contribution < -0.4 is 0 Å². The van der Waals surface area contributed by atoms with Crippen molar-refractivity contribution >= 4 is 7.82 Å². The van der Waals surface area contributed by atoms with Crippen molar-refractivity contribution in [2.24, 2.45) is 0 Å². The Morgan fingerprint density at radius 2 is 0.842 bits per heavy atom. The Labute approximate surface area is 236 Å². The fourth-order valence-electron chi connectivity index (χ4n) is 4.78. The van der Waals surface area contributed by atoms with E-state index < -0.39 is 13.9 Å². The van der Waals surface area contributed by atoms with Crippen LogP contribution in [-0.4, -0.2) is 42.3 Å². The lowest BCUT2D eigenvalue weighted by molar-refractivity contribution is -0.0429. The average molecular weight is 565 g/mol. The first-order chi connectivity index (χ1) is 18.5. The predicted molar refractivity (Wildman–Crippen MR) is 161 cm³/mol. The number of hydrogen-bond acceptors (Lipinski definition) is 4. The fourth-order valence-corrected chi connectivity index (χ4v) is 5.14. The van der Waals surface area contributed by atoms with Crippen molar-refractivity contribution in [3.63, 3.8) is 0 Å². The van der Waals surface area contributed by atoms with Crippen LogP contribution in [0.25, 0.3) is 0 Å². The van der Waals surface area contributed by atoms with Crippen LogP contribution in [0.2, 0.25) is 0 Å². The molecule has 0 aromatic heterocycles. The molecule has 0 bridgehead atoms. The van der Waals surface area contributed by atoms with Crippen LogP contribution in [0.1, 0.15) is 168 Å². The standard InChI is InChI=1S/C31H65O6P/c1-3-5-7-9-11-13-15-17-19-21-23-25-27-35-29-31(30-37-38(32,33)34)36-28-26-24-22-20-18-16-14-12-10-8-6-4-2/h31H,3-30H2,1-2H3,(H2,32,33,34)/t31-/m1/s1. The van der Waals surface area contributed by atoms with E-state index in [4.69, 9.17) is 19.3 Å². The van der Waals surface area contributed by atoms with Crippen LogP contribution in [-0.2, 0) is 18.6 Å². The molecule has 0 aliphatic heterocycles. The predicted octanol–water partition coefficient (Wildman–Crippen LogP) is 9.90. The van der Waals surface area contributed by atoms with E-state index in [-0.39, 0.29) is 6.61 Å². The molecule has 230 valence electrons. The Bertz CT molecular complexity index is 499. The third-order valence-corrected chi connectivity index (χ3v) is 7.71. The first kappa shape index (κ1) is 38.0. The summed E-state index contributed by atoms with van der Waals surface area (Å²) < 4.78 is 27.4. The third kappa shape index (κ3) is 32.2. The summed E-state index contributed by atoms with van der Waals surface area (Å²) in [5.41, 5.74) is 0. The molecule has 0 rings (SSSR count). The van der Waals surface area contributed by atoms with Gasteiger partial charge in [0.1, 0.15) is 6.10 Å². The van der Waals surface area contributed by atoms with Crippen molar-refractivity contribution < 1.29 is 28.3 Å². The number of hydrogen-bond donors (Lipinski definition) is 2.